The van der Waals surface area contributed by atoms with Crippen LogP contribution in [0.25, 0.3) is 0 Å². The number of amides is 1. The zero-order valence-electron chi connectivity index (χ0n) is 18.5. The normalized spacial score (nSPS) is 11.8. The maximum Gasteiger partial charge on any atom is 0.416 e. The number of methoxy groups -OCH3 is 1. The largest absolute Gasteiger partial charge is 0.416 e. The van der Waals surface area contributed by atoms with Crippen LogP contribution in [0.5, 0.6) is 5.75 Å². The molecule has 0 heterocycles. The topological polar surface area (TPSA) is 72.9 Å². The number of carbonyl (C=O) groups is 1. The molecule has 0 radical (unpaired) electrons. The van der Waals surface area contributed by atoms with Gasteiger partial charge < -0.3 is 13.8 Å². The predicted octanol–water partition coefficient (Wildman–Crippen LogP) is 5.42. The Labute approximate surface area is 206 Å². The molecule has 0 fully saturated rings. The molecular weight excluding hydrogens is 507 g/mol. The van der Waals surface area contributed by atoms with Gasteiger partial charge in [0.05, 0.1) is 12.2 Å². The van der Waals surface area contributed by atoms with E-state index in [0.717, 1.165) is 18.2 Å². The van der Waals surface area contributed by atoms with Gasteiger partial charge >= 0.3 is 16.3 Å². The minimum Gasteiger partial charge on any atom is -0.383 e. The van der Waals surface area contributed by atoms with Gasteiger partial charge in [-0.1, -0.05) is 35.9 Å². The van der Waals surface area contributed by atoms with Crippen molar-refractivity contribution in [3.05, 3.63) is 94.5 Å². The molecule has 0 aliphatic carbocycles. The Morgan fingerprint density at radius 2 is 1.69 bits per heavy atom. The molecule has 0 aliphatic heterocycles. The Hall–Kier alpha value is -3.08. The number of hydrogen-bond donors (Lipinski definition) is 0. The van der Waals surface area contributed by atoms with Crippen molar-refractivity contribution in [2.75, 3.05) is 20.3 Å². The third kappa shape index (κ3) is 7.20. The van der Waals surface area contributed by atoms with Crippen molar-refractivity contribution in [3.8, 4) is 5.75 Å². The molecule has 0 aliphatic rings. The number of rotatable bonds is 9. The van der Waals surface area contributed by atoms with E-state index in [0.29, 0.717) is 35.4 Å². The van der Waals surface area contributed by atoms with Gasteiger partial charge in [0, 0.05) is 30.8 Å². The summed E-state index contributed by atoms with van der Waals surface area (Å²) >= 11 is 5.99. The molecular formula is C24H21ClF3NO5S. The molecule has 0 saturated carbocycles. The third-order valence-electron chi connectivity index (χ3n) is 4.88. The molecule has 35 heavy (non-hydrogen) atoms. The van der Waals surface area contributed by atoms with Gasteiger partial charge in [-0.25, -0.2) is 0 Å². The van der Waals surface area contributed by atoms with Crippen LogP contribution in [0.15, 0.2) is 77.7 Å². The first-order valence-electron chi connectivity index (χ1n) is 10.2. The van der Waals surface area contributed by atoms with Gasteiger partial charge in [-0.3, -0.25) is 4.79 Å². The van der Waals surface area contributed by atoms with Crippen LogP contribution in [-0.4, -0.2) is 39.5 Å². The van der Waals surface area contributed by atoms with E-state index < -0.39 is 26.8 Å². The Morgan fingerprint density at radius 1 is 1.00 bits per heavy atom. The van der Waals surface area contributed by atoms with Crippen LogP contribution in [0.2, 0.25) is 5.02 Å². The molecule has 6 nitrogen and oxygen atoms in total. The fraction of sp³-hybridized carbons (Fsp3) is 0.208. The molecule has 0 bridgehead atoms. The predicted molar refractivity (Wildman–Crippen MR) is 124 cm³/mol. The SMILES string of the molecule is COCCN(Cc1ccc(OS(=O)(=O)c2cccc(C(F)(F)F)c2)cc1)C(=O)c1cccc(Cl)c1. The van der Waals surface area contributed by atoms with Crippen LogP contribution in [0.1, 0.15) is 21.5 Å². The molecule has 3 aromatic rings. The second-order valence-corrected chi connectivity index (χ2v) is 9.42. The van der Waals surface area contributed by atoms with Gasteiger partial charge in [-0.05, 0) is 54.1 Å². The molecule has 0 unspecified atom stereocenters. The summed E-state index contributed by atoms with van der Waals surface area (Å²) < 4.78 is 73.8. The highest BCUT2D eigenvalue weighted by atomic mass is 35.5. The van der Waals surface area contributed by atoms with Gasteiger partial charge in [0.2, 0.25) is 0 Å². The lowest BCUT2D eigenvalue weighted by Crippen LogP contribution is -2.33. The van der Waals surface area contributed by atoms with Gasteiger partial charge in [-0.2, -0.15) is 21.6 Å². The van der Waals surface area contributed by atoms with Crippen LogP contribution in [0.3, 0.4) is 0 Å². The van der Waals surface area contributed by atoms with Gasteiger partial charge in [0.15, 0.2) is 0 Å². The van der Waals surface area contributed by atoms with Crippen LogP contribution in [0, 0.1) is 0 Å². The lowest BCUT2D eigenvalue weighted by molar-refractivity contribution is -0.137. The molecule has 0 aromatic heterocycles. The number of benzene rings is 3. The van der Waals surface area contributed by atoms with Crippen molar-refractivity contribution >= 4 is 27.6 Å². The summed E-state index contributed by atoms with van der Waals surface area (Å²) in [4.78, 5) is 13.9. The standard InChI is InChI=1S/C24H21ClF3NO5S/c1-33-13-12-29(23(30)18-4-2-6-20(25)14-18)16-17-8-10-21(11-9-17)34-35(31,32)22-7-3-5-19(15-22)24(26,27)28/h2-11,14-15H,12-13,16H2,1H3. The monoisotopic (exact) mass is 527 g/mol. The van der Waals surface area contributed by atoms with Crippen LogP contribution in [0.4, 0.5) is 13.2 Å². The van der Waals surface area contributed by atoms with E-state index in [-0.39, 0.29) is 18.2 Å². The fourth-order valence-electron chi connectivity index (χ4n) is 3.13. The van der Waals surface area contributed by atoms with E-state index in [2.05, 4.69) is 0 Å². The maximum absolute atomic E-state index is 12.9. The molecule has 3 aromatic carbocycles. The highest BCUT2D eigenvalue weighted by molar-refractivity contribution is 7.87. The molecule has 0 atom stereocenters. The van der Waals surface area contributed by atoms with Crippen LogP contribution >= 0.6 is 11.6 Å². The van der Waals surface area contributed by atoms with Crippen LogP contribution < -0.4 is 4.18 Å². The smallest absolute Gasteiger partial charge is 0.383 e. The van der Waals surface area contributed by atoms with Crippen molar-refractivity contribution in [2.24, 2.45) is 0 Å². The average Bonchev–Trinajstić information content (AvgIpc) is 2.82. The molecule has 0 saturated heterocycles. The molecule has 1 amide bonds. The number of ether oxygens (including phenoxy) is 1. The van der Waals surface area contributed by atoms with Crippen LogP contribution in [-0.2, 0) is 27.6 Å². The summed E-state index contributed by atoms with van der Waals surface area (Å²) in [7, 11) is -2.98. The number of alkyl halides is 3. The minimum absolute atomic E-state index is 0.0872. The molecule has 186 valence electrons. The van der Waals surface area contributed by atoms with E-state index in [1.54, 1.807) is 41.3 Å². The van der Waals surface area contributed by atoms with Crippen molar-refractivity contribution in [1.29, 1.82) is 0 Å². The molecule has 0 N–H and O–H groups in total. The fourth-order valence-corrected chi connectivity index (χ4v) is 4.30. The average molecular weight is 528 g/mol. The summed E-state index contributed by atoms with van der Waals surface area (Å²) in [6.45, 7) is 0.780. The summed E-state index contributed by atoms with van der Waals surface area (Å²) in [5.74, 6) is -0.354. The maximum atomic E-state index is 12.9. The van der Waals surface area contributed by atoms with Gasteiger partial charge in [0.1, 0.15) is 10.6 Å². The van der Waals surface area contributed by atoms with E-state index >= 15 is 0 Å². The third-order valence-corrected chi connectivity index (χ3v) is 6.36. The zero-order chi connectivity index (χ0) is 25.6. The summed E-state index contributed by atoms with van der Waals surface area (Å²) in [6, 6.07) is 15.7. The van der Waals surface area contributed by atoms with Crippen molar-refractivity contribution in [2.45, 2.75) is 17.6 Å². The van der Waals surface area contributed by atoms with Gasteiger partial charge in [-0.15, -0.1) is 0 Å². The quantitative estimate of drug-likeness (QED) is 0.348. The number of hydrogen-bond acceptors (Lipinski definition) is 5. The first kappa shape index (κ1) is 26.5. The van der Waals surface area contributed by atoms with Crippen molar-refractivity contribution in [3.63, 3.8) is 0 Å². The summed E-state index contributed by atoms with van der Waals surface area (Å²) in [6.07, 6.45) is -4.69. The second kappa shape index (κ2) is 11.1. The van der Waals surface area contributed by atoms with E-state index in [1.165, 1.54) is 19.2 Å². The van der Waals surface area contributed by atoms with Gasteiger partial charge in [0.25, 0.3) is 5.91 Å². The summed E-state index contributed by atoms with van der Waals surface area (Å²) in [5.41, 5.74) is -0.0286. The van der Waals surface area contributed by atoms with Crippen molar-refractivity contribution in [1.82, 2.24) is 4.90 Å². The first-order valence-corrected chi connectivity index (χ1v) is 12.0. The Bertz CT molecular complexity index is 1280. The number of halogens is 4. The lowest BCUT2D eigenvalue weighted by Gasteiger charge is -2.23. The number of nitrogens with zero attached hydrogens (tertiary/aromatic N) is 1. The zero-order valence-corrected chi connectivity index (χ0v) is 20.0. The second-order valence-electron chi connectivity index (χ2n) is 7.44. The Kier molecular flexibility index (Phi) is 8.42. The van der Waals surface area contributed by atoms with E-state index in [9.17, 15) is 26.4 Å². The Morgan fingerprint density at radius 3 is 2.31 bits per heavy atom. The molecule has 0 spiro atoms. The summed E-state index contributed by atoms with van der Waals surface area (Å²) in [5, 5.41) is 0.422. The first-order chi connectivity index (χ1) is 16.5. The highest BCUT2D eigenvalue weighted by Crippen LogP contribution is 2.31. The minimum atomic E-state index is -4.69. The number of carbonyl (C=O) groups excluding carboxylic acids is 1. The molecule has 3 rings (SSSR count). The van der Waals surface area contributed by atoms with E-state index in [1.807, 2.05) is 0 Å². The van der Waals surface area contributed by atoms with E-state index in [4.69, 9.17) is 20.5 Å². The molecule has 11 heteroatoms. The Balaban J connectivity index is 1.75. The lowest BCUT2D eigenvalue weighted by atomic mass is 10.1. The van der Waals surface area contributed by atoms with Crippen molar-refractivity contribution < 1.29 is 35.3 Å². The highest BCUT2D eigenvalue weighted by Gasteiger charge is 2.32.